The monoisotopic (exact) mass is 289 g/mol. The highest BCUT2D eigenvalue weighted by molar-refractivity contribution is 5.95. The Labute approximate surface area is 127 Å². The van der Waals surface area contributed by atoms with Crippen LogP contribution in [0.1, 0.15) is 56.8 Å². The van der Waals surface area contributed by atoms with E-state index >= 15 is 0 Å². The molecular weight excluding hydrogens is 262 g/mol. The fourth-order valence-electron chi connectivity index (χ4n) is 3.20. The van der Waals surface area contributed by atoms with E-state index in [-0.39, 0.29) is 5.91 Å². The summed E-state index contributed by atoms with van der Waals surface area (Å²) in [5.41, 5.74) is 0.691. The number of rotatable bonds is 6. The van der Waals surface area contributed by atoms with E-state index in [2.05, 4.69) is 36.4 Å². The largest absolute Gasteiger partial charge is 0.370 e. The third kappa shape index (κ3) is 3.96. The first kappa shape index (κ1) is 15.8. The van der Waals surface area contributed by atoms with Gasteiger partial charge in [0.05, 0.1) is 0 Å². The Morgan fingerprint density at radius 2 is 2.19 bits per heavy atom. The van der Waals surface area contributed by atoms with E-state index in [1.807, 2.05) is 6.07 Å². The summed E-state index contributed by atoms with van der Waals surface area (Å²) >= 11 is 0. The Kier molecular flexibility index (Phi) is 5.59. The molecule has 1 saturated carbocycles. The van der Waals surface area contributed by atoms with Gasteiger partial charge in [0, 0.05) is 24.3 Å². The van der Waals surface area contributed by atoms with Crippen molar-refractivity contribution in [2.45, 2.75) is 52.5 Å². The molecule has 2 rings (SSSR count). The molecule has 3 unspecified atom stereocenters. The Bertz CT molecular complexity index is 475. The molecule has 0 bridgehead atoms. The number of carbonyl (C=O) groups excluding carboxylic acids is 1. The number of nitrogens with zero attached hydrogens (tertiary/aromatic N) is 1. The van der Waals surface area contributed by atoms with Crippen molar-refractivity contribution in [1.29, 1.82) is 0 Å². The van der Waals surface area contributed by atoms with Gasteiger partial charge < -0.3 is 10.6 Å². The molecule has 1 aromatic heterocycles. The predicted molar refractivity (Wildman–Crippen MR) is 86.5 cm³/mol. The number of pyridine rings is 1. The number of hydrogen-bond acceptors (Lipinski definition) is 3. The zero-order chi connectivity index (χ0) is 15.2. The molecule has 1 aliphatic rings. The van der Waals surface area contributed by atoms with Crippen molar-refractivity contribution < 1.29 is 4.79 Å². The SMILES string of the molecule is CCCNc1cc(C(=O)NC2CCC(CC)C2C)ccn1. The summed E-state index contributed by atoms with van der Waals surface area (Å²) in [6, 6.07) is 3.92. The minimum atomic E-state index is 0.0190. The van der Waals surface area contributed by atoms with Crippen molar-refractivity contribution in [3.63, 3.8) is 0 Å². The third-order valence-corrected chi connectivity index (χ3v) is 4.65. The fraction of sp³-hybridized carbons (Fsp3) is 0.647. The van der Waals surface area contributed by atoms with Crippen LogP contribution in [0.15, 0.2) is 18.3 Å². The Morgan fingerprint density at radius 1 is 1.38 bits per heavy atom. The summed E-state index contributed by atoms with van der Waals surface area (Å²) in [7, 11) is 0. The second-order valence-corrected chi connectivity index (χ2v) is 6.04. The maximum absolute atomic E-state index is 12.4. The van der Waals surface area contributed by atoms with Crippen LogP contribution in [-0.4, -0.2) is 23.5 Å². The normalized spacial score (nSPS) is 24.8. The molecule has 2 N–H and O–H groups in total. The van der Waals surface area contributed by atoms with Gasteiger partial charge in [-0.05, 0) is 43.2 Å². The average Bonchev–Trinajstić information content (AvgIpc) is 2.86. The van der Waals surface area contributed by atoms with E-state index in [4.69, 9.17) is 0 Å². The zero-order valence-electron chi connectivity index (χ0n) is 13.4. The molecule has 0 radical (unpaired) electrons. The van der Waals surface area contributed by atoms with Crippen molar-refractivity contribution in [3.8, 4) is 0 Å². The van der Waals surface area contributed by atoms with Crippen molar-refractivity contribution >= 4 is 11.7 Å². The molecule has 1 aliphatic carbocycles. The first-order chi connectivity index (χ1) is 10.2. The van der Waals surface area contributed by atoms with Crippen LogP contribution in [0.5, 0.6) is 0 Å². The average molecular weight is 289 g/mol. The Morgan fingerprint density at radius 3 is 2.86 bits per heavy atom. The molecular formula is C17H27N3O. The topological polar surface area (TPSA) is 54.0 Å². The number of anilines is 1. The quantitative estimate of drug-likeness (QED) is 0.843. The molecule has 0 aliphatic heterocycles. The second-order valence-electron chi connectivity index (χ2n) is 6.04. The van der Waals surface area contributed by atoms with Gasteiger partial charge in [0.2, 0.25) is 0 Å². The highest BCUT2D eigenvalue weighted by atomic mass is 16.1. The highest BCUT2D eigenvalue weighted by Crippen LogP contribution is 2.33. The zero-order valence-corrected chi connectivity index (χ0v) is 13.4. The maximum atomic E-state index is 12.4. The van der Waals surface area contributed by atoms with E-state index < -0.39 is 0 Å². The standard InChI is InChI=1S/C17H27N3O/c1-4-9-18-16-11-14(8-10-19-16)17(21)20-15-7-6-13(5-2)12(15)3/h8,10-13,15H,4-7,9H2,1-3H3,(H,18,19)(H,20,21). The minimum absolute atomic E-state index is 0.0190. The van der Waals surface area contributed by atoms with Crippen molar-refractivity contribution in [2.24, 2.45) is 11.8 Å². The second kappa shape index (κ2) is 7.43. The summed E-state index contributed by atoms with van der Waals surface area (Å²) in [4.78, 5) is 16.6. The maximum Gasteiger partial charge on any atom is 0.251 e. The van der Waals surface area contributed by atoms with Crippen LogP contribution >= 0.6 is 0 Å². The molecule has 4 nitrogen and oxygen atoms in total. The van der Waals surface area contributed by atoms with Gasteiger partial charge in [0.1, 0.15) is 5.82 Å². The Hall–Kier alpha value is -1.58. The lowest BCUT2D eigenvalue weighted by molar-refractivity contribution is 0.0926. The molecule has 1 amide bonds. The van der Waals surface area contributed by atoms with Gasteiger partial charge in [-0.1, -0.05) is 27.2 Å². The lowest BCUT2D eigenvalue weighted by atomic mass is 9.93. The van der Waals surface area contributed by atoms with Gasteiger partial charge in [0.15, 0.2) is 0 Å². The molecule has 1 heterocycles. The van der Waals surface area contributed by atoms with E-state index in [1.54, 1.807) is 12.3 Å². The van der Waals surface area contributed by atoms with Gasteiger partial charge in [-0.25, -0.2) is 4.98 Å². The van der Waals surface area contributed by atoms with Crippen LogP contribution in [0.25, 0.3) is 0 Å². The number of hydrogen-bond donors (Lipinski definition) is 2. The molecule has 116 valence electrons. The van der Waals surface area contributed by atoms with Crippen LogP contribution in [0.4, 0.5) is 5.82 Å². The van der Waals surface area contributed by atoms with E-state index in [0.29, 0.717) is 17.5 Å². The van der Waals surface area contributed by atoms with Crippen molar-refractivity contribution in [1.82, 2.24) is 10.3 Å². The fourth-order valence-corrected chi connectivity index (χ4v) is 3.20. The lowest BCUT2D eigenvalue weighted by Gasteiger charge is -2.21. The first-order valence-electron chi connectivity index (χ1n) is 8.16. The number of carbonyl (C=O) groups is 1. The number of amides is 1. The number of aromatic nitrogens is 1. The summed E-state index contributed by atoms with van der Waals surface area (Å²) in [5.74, 6) is 2.11. The molecule has 0 aromatic carbocycles. The van der Waals surface area contributed by atoms with Crippen LogP contribution in [0.3, 0.4) is 0 Å². The summed E-state index contributed by atoms with van der Waals surface area (Å²) in [6.45, 7) is 7.47. The van der Waals surface area contributed by atoms with Crippen LogP contribution in [0.2, 0.25) is 0 Å². The first-order valence-corrected chi connectivity index (χ1v) is 8.16. The summed E-state index contributed by atoms with van der Waals surface area (Å²) < 4.78 is 0. The molecule has 0 spiro atoms. The molecule has 21 heavy (non-hydrogen) atoms. The van der Waals surface area contributed by atoms with Crippen molar-refractivity contribution in [3.05, 3.63) is 23.9 Å². The van der Waals surface area contributed by atoms with Gasteiger partial charge in [0.25, 0.3) is 5.91 Å². The van der Waals surface area contributed by atoms with Gasteiger partial charge >= 0.3 is 0 Å². The third-order valence-electron chi connectivity index (χ3n) is 4.65. The molecule has 1 aromatic rings. The summed E-state index contributed by atoms with van der Waals surface area (Å²) in [6.07, 6.45) is 6.25. The van der Waals surface area contributed by atoms with Gasteiger partial charge in [-0.2, -0.15) is 0 Å². The predicted octanol–water partition coefficient (Wildman–Crippen LogP) is 3.46. The molecule has 3 atom stereocenters. The van der Waals surface area contributed by atoms with Gasteiger partial charge in [-0.15, -0.1) is 0 Å². The Balaban J connectivity index is 1.97. The lowest BCUT2D eigenvalue weighted by Crippen LogP contribution is -2.37. The van der Waals surface area contributed by atoms with E-state index in [0.717, 1.165) is 31.1 Å². The minimum Gasteiger partial charge on any atom is -0.370 e. The molecule has 1 fully saturated rings. The van der Waals surface area contributed by atoms with Crippen LogP contribution in [-0.2, 0) is 0 Å². The van der Waals surface area contributed by atoms with Crippen molar-refractivity contribution in [2.75, 3.05) is 11.9 Å². The molecule has 4 heteroatoms. The van der Waals surface area contributed by atoms with E-state index in [9.17, 15) is 4.79 Å². The smallest absolute Gasteiger partial charge is 0.251 e. The summed E-state index contributed by atoms with van der Waals surface area (Å²) in [5, 5.41) is 6.42. The number of nitrogens with one attached hydrogen (secondary N) is 2. The van der Waals surface area contributed by atoms with Crippen LogP contribution < -0.4 is 10.6 Å². The van der Waals surface area contributed by atoms with E-state index in [1.165, 1.54) is 12.8 Å². The molecule has 0 saturated heterocycles. The van der Waals surface area contributed by atoms with Gasteiger partial charge in [-0.3, -0.25) is 4.79 Å². The highest BCUT2D eigenvalue weighted by Gasteiger charge is 2.32. The van der Waals surface area contributed by atoms with Crippen LogP contribution in [0, 0.1) is 11.8 Å².